The van der Waals surface area contributed by atoms with Crippen molar-refractivity contribution in [1.29, 1.82) is 0 Å². The highest BCUT2D eigenvalue weighted by Crippen LogP contribution is 2.33. The van der Waals surface area contributed by atoms with E-state index in [-0.39, 0.29) is 24.3 Å². The van der Waals surface area contributed by atoms with E-state index in [1.807, 2.05) is 23.6 Å². The van der Waals surface area contributed by atoms with Crippen LogP contribution in [0.5, 0.6) is 5.75 Å². The number of imidazole rings is 1. The van der Waals surface area contributed by atoms with Crippen LogP contribution in [0.4, 0.5) is 11.8 Å². The van der Waals surface area contributed by atoms with E-state index >= 15 is 0 Å². The molecule has 0 radical (unpaired) electrons. The van der Waals surface area contributed by atoms with Crippen LogP contribution in [0.3, 0.4) is 0 Å². The summed E-state index contributed by atoms with van der Waals surface area (Å²) in [5.74, 6) is 1.46. The number of aliphatic hydroxyl groups excluding tert-OH is 1. The minimum Gasteiger partial charge on any atom is -0.508 e. The zero-order chi connectivity index (χ0) is 20.7. The number of anilines is 1. The lowest BCUT2D eigenvalue weighted by Crippen LogP contribution is -2.09. The summed E-state index contributed by atoms with van der Waals surface area (Å²) in [6, 6.07) is 7.44. The summed E-state index contributed by atoms with van der Waals surface area (Å²) < 4.78 is 2.04. The molecule has 3 aromatic rings. The van der Waals surface area contributed by atoms with Gasteiger partial charge in [0.2, 0.25) is 0 Å². The number of rotatable bonds is 6. The molecular weight excluding hydrogens is 380 g/mol. The van der Waals surface area contributed by atoms with E-state index in [0.29, 0.717) is 17.8 Å². The molecule has 0 amide bonds. The first kappa shape index (κ1) is 18.7. The minimum atomic E-state index is 0.103. The molecule has 3 N–H and O–H groups in total. The number of fused-ring (bicyclic) bond motifs is 1. The van der Waals surface area contributed by atoms with Crippen molar-refractivity contribution >= 4 is 28.6 Å². The van der Waals surface area contributed by atoms with Gasteiger partial charge in [0, 0.05) is 24.3 Å². The standard InChI is InChI=1S/C22H24N6O2/c1-13(15-3-8-18(30)9-4-15)24-22-26-20(25-16-5-6-16)19-21(27-22)28(12-23-19)17-7-2-14(10-17)11-29/h2-4,7-9,12,14,16-17,29-30H,5-6,10-11H2,1H3,(H,25,26,27). The van der Waals surface area contributed by atoms with Crippen molar-refractivity contribution in [3.05, 3.63) is 48.3 Å². The van der Waals surface area contributed by atoms with Crippen molar-refractivity contribution in [2.45, 2.75) is 38.3 Å². The molecule has 8 heteroatoms. The number of benzene rings is 1. The Hall–Kier alpha value is -3.26. The average molecular weight is 404 g/mol. The van der Waals surface area contributed by atoms with Gasteiger partial charge in [0.1, 0.15) is 5.75 Å². The van der Waals surface area contributed by atoms with Gasteiger partial charge in [-0.3, -0.25) is 0 Å². The lowest BCUT2D eigenvalue weighted by molar-refractivity contribution is 0.244. The van der Waals surface area contributed by atoms with Gasteiger partial charge in [-0.2, -0.15) is 9.97 Å². The van der Waals surface area contributed by atoms with Gasteiger partial charge in [0.25, 0.3) is 5.95 Å². The SMILES string of the molecule is CC(=Nc1nc(NC2CC2)c2ncn(C3C=CC(CO)C3)c2n1)c1ccc(O)cc1. The Balaban J connectivity index is 1.56. The number of phenols is 1. The fourth-order valence-corrected chi connectivity index (χ4v) is 3.73. The van der Waals surface area contributed by atoms with Gasteiger partial charge < -0.3 is 20.1 Å². The van der Waals surface area contributed by atoms with Gasteiger partial charge >= 0.3 is 0 Å². The third-order valence-electron chi connectivity index (χ3n) is 5.62. The summed E-state index contributed by atoms with van der Waals surface area (Å²) in [5.41, 5.74) is 3.13. The summed E-state index contributed by atoms with van der Waals surface area (Å²) in [7, 11) is 0. The number of aliphatic hydroxyl groups is 1. The Labute approximate surface area is 174 Å². The lowest BCUT2D eigenvalue weighted by atomic mass is 10.1. The molecule has 2 aliphatic carbocycles. The highest BCUT2D eigenvalue weighted by atomic mass is 16.3. The summed E-state index contributed by atoms with van der Waals surface area (Å²) in [4.78, 5) is 18.6. The number of hydrogen-bond donors (Lipinski definition) is 3. The van der Waals surface area contributed by atoms with Crippen LogP contribution in [-0.4, -0.2) is 48.1 Å². The van der Waals surface area contributed by atoms with E-state index in [2.05, 4.69) is 32.4 Å². The maximum absolute atomic E-state index is 9.52. The van der Waals surface area contributed by atoms with Crippen LogP contribution in [0.25, 0.3) is 11.2 Å². The lowest BCUT2D eigenvalue weighted by Gasteiger charge is -2.13. The Kier molecular flexibility index (Phi) is 4.71. The van der Waals surface area contributed by atoms with E-state index < -0.39 is 0 Å². The van der Waals surface area contributed by atoms with Gasteiger partial charge in [-0.15, -0.1) is 0 Å². The molecule has 2 atom stereocenters. The first-order valence-electron chi connectivity index (χ1n) is 10.3. The van der Waals surface area contributed by atoms with E-state index in [4.69, 9.17) is 4.98 Å². The molecule has 8 nitrogen and oxygen atoms in total. The number of aliphatic imine (C=N–C) groups is 1. The molecule has 2 unspecified atom stereocenters. The summed E-state index contributed by atoms with van der Waals surface area (Å²) in [6.07, 6.45) is 9.02. The van der Waals surface area contributed by atoms with Crippen molar-refractivity contribution < 1.29 is 10.2 Å². The first-order valence-corrected chi connectivity index (χ1v) is 10.3. The Morgan fingerprint density at radius 1 is 1.20 bits per heavy atom. The van der Waals surface area contributed by atoms with Gasteiger partial charge in [-0.05, 0) is 56.0 Å². The Morgan fingerprint density at radius 2 is 2.00 bits per heavy atom. The number of aromatic nitrogens is 4. The topological polar surface area (TPSA) is 108 Å². The van der Waals surface area contributed by atoms with Gasteiger partial charge in [-0.1, -0.05) is 12.2 Å². The monoisotopic (exact) mass is 404 g/mol. The van der Waals surface area contributed by atoms with Crippen molar-refractivity contribution in [3.8, 4) is 5.75 Å². The van der Waals surface area contributed by atoms with Crippen LogP contribution in [0.2, 0.25) is 0 Å². The number of aromatic hydroxyl groups is 1. The highest BCUT2D eigenvalue weighted by Gasteiger charge is 2.26. The quantitative estimate of drug-likeness (QED) is 0.429. The molecule has 1 saturated carbocycles. The normalized spacial score (nSPS) is 21.5. The molecule has 5 rings (SSSR count). The fraction of sp³-hybridized carbons (Fsp3) is 0.364. The second-order valence-corrected chi connectivity index (χ2v) is 7.99. The zero-order valence-electron chi connectivity index (χ0n) is 16.7. The zero-order valence-corrected chi connectivity index (χ0v) is 16.7. The molecule has 0 bridgehead atoms. The van der Waals surface area contributed by atoms with Crippen LogP contribution in [0, 0.1) is 5.92 Å². The maximum Gasteiger partial charge on any atom is 0.253 e. The average Bonchev–Trinajstić information content (AvgIpc) is 3.25. The number of phenolic OH excluding ortho intramolecular Hbond substituents is 1. The smallest absolute Gasteiger partial charge is 0.253 e. The molecule has 0 saturated heterocycles. The van der Waals surface area contributed by atoms with E-state index in [9.17, 15) is 10.2 Å². The van der Waals surface area contributed by atoms with E-state index in [1.54, 1.807) is 18.5 Å². The van der Waals surface area contributed by atoms with Gasteiger partial charge in [-0.25, -0.2) is 9.98 Å². The van der Waals surface area contributed by atoms with Gasteiger partial charge in [0.15, 0.2) is 17.0 Å². The van der Waals surface area contributed by atoms with Crippen molar-refractivity contribution in [2.75, 3.05) is 11.9 Å². The molecule has 1 fully saturated rings. The second-order valence-electron chi connectivity index (χ2n) is 7.99. The fourth-order valence-electron chi connectivity index (χ4n) is 3.73. The van der Waals surface area contributed by atoms with Gasteiger partial charge in [0.05, 0.1) is 12.4 Å². The molecule has 0 aliphatic heterocycles. The molecule has 30 heavy (non-hydrogen) atoms. The largest absolute Gasteiger partial charge is 0.508 e. The number of hydrogen-bond acceptors (Lipinski definition) is 7. The number of nitrogens with one attached hydrogen (secondary N) is 1. The van der Waals surface area contributed by atoms with Crippen LogP contribution in [-0.2, 0) is 0 Å². The third kappa shape index (κ3) is 3.66. The van der Waals surface area contributed by atoms with Crippen LogP contribution >= 0.6 is 0 Å². The highest BCUT2D eigenvalue weighted by molar-refractivity contribution is 6.00. The summed E-state index contributed by atoms with van der Waals surface area (Å²) in [5, 5.41) is 22.4. The third-order valence-corrected chi connectivity index (χ3v) is 5.62. The predicted octanol–water partition coefficient (Wildman–Crippen LogP) is 3.36. The summed E-state index contributed by atoms with van der Waals surface area (Å²) >= 11 is 0. The molecule has 1 aromatic carbocycles. The minimum absolute atomic E-state index is 0.103. The molecule has 2 aliphatic rings. The molecule has 2 heterocycles. The Bertz CT molecular complexity index is 1130. The van der Waals surface area contributed by atoms with Crippen molar-refractivity contribution in [3.63, 3.8) is 0 Å². The van der Waals surface area contributed by atoms with Crippen molar-refractivity contribution in [2.24, 2.45) is 10.9 Å². The van der Waals surface area contributed by atoms with Crippen molar-refractivity contribution in [1.82, 2.24) is 19.5 Å². The van der Waals surface area contributed by atoms with Crippen LogP contribution < -0.4 is 5.32 Å². The molecule has 154 valence electrons. The number of allylic oxidation sites excluding steroid dienone is 1. The van der Waals surface area contributed by atoms with Crippen LogP contribution in [0.15, 0.2) is 47.7 Å². The first-order chi connectivity index (χ1) is 14.6. The van der Waals surface area contributed by atoms with E-state index in [0.717, 1.165) is 41.7 Å². The van der Waals surface area contributed by atoms with Crippen LogP contribution in [0.1, 0.15) is 37.8 Å². The molecular formula is C22H24N6O2. The second kappa shape index (κ2) is 7.53. The number of nitrogens with zero attached hydrogens (tertiary/aromatic N) is 5. The summed E-state index contributed by atoms with van der Waals surface area (Å²) in [6.45, 7) is 2.04. The molecule has 0 spiro atoms. The van der Waals surface area contributed by atoms with E-state index in [1.165, 1.54) is 0 Å². The maximum atomic E-state index is 9.52. The predicted molar refractivity (Wildman–Crippen MR) is 115 cm³/mol. The Morgan fingerprint density at radius 3 is 2.70 bits per heavy atom. The molecule has 2 aromatic heterocycles.